The summed E-state index contributed by atoms with van der Waals surface area (Å²) >= 11 is 0. The molecule has 0 saturated heterocycles. The summed E-state index contributed by atoms with van der Waals surface area (Å²) in [7, 11) is -3.21. The molecule has 1 amide bonds. The molecule has 1 atom stereocenters. The monoisotopic (exact) mass is 307 g/mol. The number of anilines is 1. The Kier molecular flexibility index (Phi) is 4.23. The molecule has 0 N–H and O–H groups in total. The lowest BCUT2D eigenvalue weighted by Gasteiger charge is -2.31. The number of carbonyl (C=O) groups excluding carboxylic acids is 1. The fourth-order valence-corrected chi connectivity index (χ4v) is 3.72. The van der Waals surface area contributed by atoms with Gasteiger partial charge in [0, 0.05) is 17.0 Å². The molecule has 1 aliphatic rings. The van der Waals surface area contributed by atoms with E-state index >= 15 is 0 Å². The Bertz CT molecular complexity index is 689. The van der Waals surface area contributed by atoms with Crippen LogP contribution >= 0.6 is 0 Å². The zero-order valence-electron chi connectivity index (χ0n) is 12.8. The van der Waals surface area contributed by atoms with Crippen molar-refractivity contribution < 1.29 is 13.2 Å². The van der Waals surface area contributed by atoms with Crippen molar-refractivity contribution in [3.8, 4) is 0 Å². The van der Waals surface area contributed by atoms with E-state index < -0.39 is 15.9 Å². The average molecular weight is 307 g/mol. The maximum Gasteiger partial charge on any atom is 0.230 e. The van der Waals surface area contributed by atoms with Gasteiger partial charge in [0.15, 0.2) is 9.84 Å². The van der Waals surface area contributed by atoms with Gasteiger partial charge < -0.3 is 4.90 Å². The van der Waals surface area contributed by atoms with Crippen LogP contribution in [0.2, 0.25) is 0 Å². The summed E-state index contributed by atoms with van der Waals surface area (Å²) in [5, 5.41) is 1.21. The highest BCUT2D eigenvalue weighted by atomic mass is 32.2. The van der Waals surface area contributed by atoms with Crippen LogP contribution in [0.4, 0.5) is 5.69 Å². The summed E-state index contributed by atoms with van der Waals surface area (Å²) in [6.45, 7) is 7.60. The first-order chi connectivity index (χ1) is 9.73. The minimum atomic E-state index is -3.21. The summed E-state index contributed by atoms with van der Waals surface area (Å²) in [6.07, 6.45) is 1.61. The van der Waals surface area contributed by atoms with Gasteiger partial charge in [-0.2, -0.15) is 0 Å². The quantitative estimate of drug-likeness (QED) is 0.862. The summed E-state index contributed by atoms with van der Waals surface area (Å²) in [5.41, 5.74) is 2.88. The molecule has 1 aromatic carbocycles. The number of hydrogen-bond acceptors (Lipinski definition) is 3. The molecule has 0 bridgehead atoms. The number of sulfone groups is 1. The second kappa shape index (κ2) is 5.64. The second-order valence-electron chi connectivity index (χ2n) is 5.81. The largest absolute Gasteiger partial charge is 0.304 e. The van der Waals surface area contributed by atoms with E-state index in [1.165, 1.54) is 5.41 Å². The Morgan fingerprint density at radius 2 is 1.95 bits per heavy atom. The van der Waals surface area contributed by atoms with Gasteiger partial charge in [-0.3, -0.25) is 4.79 Å². The van der Waals surface area contributed by atoms with Gasteiger partial charge in [0.05, 0.1) is 11.8 Å². The van der Waals surface area contributed by atoms with E-state index in [-0.39, 0.29) is 17.6 Å². The van der Waals surface area contributed by atoms with Gasteiger partial charge in [-0.15, -0.1) is 0 Å². The molecule has 1 heterocycles. The van der Waals surface area contributed by atoms with Gasteiger partial charge in [0.25, 0.3) is 0 Å². The fourth-order valence-electron chi connectivity index (χ4n) is 2.46. The SMILES string of the molecule is Cc1cccc(N(C(=O)C(C)C)[C@H]2C=CS(=O)(=O)C2)c1C. The molecule has 0 aliphatic carbocycles. The predicted octanol–water partition coefficient (Wildman–Crippen LogP) is 2.60. The fraction of sp³-hybridized carbons (Fsp3) is 0.438. The number of benzene rings is 1. The van der Waals surface area contributed by atoms with Crippen LogP contribution < -0.4 is 4.90 Å². The van der Waals surface area contributed by atoms with Crippen molar-refractivity contribution in [2.75, 3.05) is 10.7 Å². The van der Waals surface area contributed by atoms with E-state index in [9.17, 15) is 13.2 Å². The van der Waals surface area contributed by atoms with Crippen LogP contribution in [0.15, 0.2) is 29.7 Å². The molecule has 4 nitrogen and oxygen atoms in total. The van der Waals surface area contributed by atoms with E-state index in [0.717, 1.165) is 16.8 Å². The Morgan fingerprint density at radius 3 is 2.48 bits per heavy atom. The van der Waals surface area contributed by atoms with Crippen LogP contribution in [0.1, 0.15) is 25.0 Å². The minimum Gasteiger partial charge on any atom is -0.304 e. The van der Waals surface area contributed by atoms with Crippen molar-refractivity contribution in [2.45, 2.75) is 33.7 Å². The summed E-state index contributed by atoms with van der Waals surface area (Å²) < 4.78 is 23.4. The molecule has 0 radical (unpaired) electrons. The molecule has 0 spiro atoms. The number of rotatable bonds is 3. The number of amides is 1. The van der Waals surface area contributed by atoms with Gasteiger partial charge in [-0.25, -0.2) is 8.42 Å². The van der Waals surface area contributed by atoms with Crippen molar-refractivity contribution in [3.63, 3.8) is 0 Å². The van der Waals surface area contributed by atoms with Crippen LogP contribution in [-0.2, 0) is 14.6 Å². The maximum absolute atomic E-state index is 12.6. The second-order valence-corrected chi connectivity index (χ2v) is 7.74. The highest BCUT2D eigenvalue weighted by Gasteiger charge is 2.33. The molecule has 5 heteroatoms. The molecule has 0 aromatic heterocycles. The van der Waals surface area contributed by atoms with E-state index in [1.807, 2.05) is 45.9 Å². The van der Waals surface area contributed by atoms with Crippen molar-refractivity contribution in [2.24, 2.45) is 5.92 Å². The Hall–Kier alpha value is -1.62. The molecule has 1 aliphatic heterocycles. The molecule has 0 fully saturated rings. The van der Waals surface area contributed by atoms with Crippen molar-refractivity contribution >= 4 is 21.4 Å². The molecular weight excluding hydrogens is 286 g/mol. The van der Waals surface area contributed by atoms with Gasteiger partial charge in [0.2, 0.25) is 5.91 Å². The lowest BCUT2D eigenvalue weighted by atomic mass is 10.0. The van der Waals surface area contributed by atoms with E-state index in [4.69, 9.17) is 0 Å². The Balaban J connectivity index is 2.50. The number of aryl methyl sites for hydroxylation is 1. The first-order valence-electron chi connectivity index (χ1n) is 7.03. The van der Waals surface area contributed by atoms with E-state index in [2.05, 4.69) is 0 Å². The first kappa shape index (κ1) is 15.8. The number of hydrogen-bond donors (Lipinski definition) is 0. The topological polar surface area (TPSA) is 54.5 Å². The molecule has 0 unspecified atom stereocenters. The normalized spacial score (nSPS) is 20.0. The average Bonchev–Trinajstić information content (AvgIpc) is 2.74. The van der Waals surface area contributed by atoms with Crippen LogP contribution in [0.5, 0.6) is 0 Å². The van der Waals surface area contributed by atoms with Crippen molar-refractivity contribution in [1.82, 2.24) is 0 Å². The third-order valence-electron chi connectivity index (χ3n) is 3.81. The van der Waals surface area contributed by atoms with Gasteiger partial charge in [-0.05, 0) is 37.1 Å². The van der Waals surface area contributed by atoms with Gasteiger partial charge in [0.1, 0.15) is 0 Å². The summed E-state index contributed by atoms with van der Waals surface area (Å²) in [5.74, 6) is -0.296. The molecule has 2 rings (SSSR count). The Morgan fingerprint density at radius 1 is 1.29 bits per heavy atom. The molecular formula is C16H21NO3S. The number of carbonyl (C=O) groups is 1. The third-order valence-corrected chi connectivity index (χ3v) is 5.19. The highest BCUT2D eigenvalue weighted by Crippen LogP contribution is 2.29. The maximum atomic E-state index is 12.6. The lowest BCUT2D eigenvalue weighted by Crippen LogP contribution is -2.43. The summed E-state index contributed by atoms with van der Waals surface area (Å²) in [6, 6.07) is 5.33. The lowest BCUT2D eigenvalue weighted by molar-refractivity contribution is -0.121. The molecule has 114 valence electrons. The molecule has 0 saturated carbocycles. The first-order valence-corrected chi connectivity index (χ1v) is 8.74. The standard InChI is InChI=1S/C16H21NO3S/c1-11(2)16(18)17(14-8-9-21(19,20)10-14)15-7-5-6-12(3)13(15)4/h5-9,11,14H,10H2,1-4H3/t14-/m0/s1. The van der Waals surface area contributed by atoms with Crippen LogP contribution in [0.3, 0.4) is 0 Å². The van der Waals surface area contributed by atoms with Crippen LogP contribution in [0, 0.1) is 19.8 Å². The third kappa shape index (κ3) is 3.18. The Labute approximate surface area is 126 Å². The summed E-state index contributed by atoms with van der Waals surface area (Å²) in [4.78, 5) is 14.2. The van der Waals surface area contributed by atoms with Crippen molar-refractivity contribution in [1.29, 1.82) is 0 Å². The van der Waals surface area contributed by atoms with Crippen molar-refractivity contribution in [3.05, 3.63) is 40.8 Å². The van der Waals surface area contributed by atoms with Crippen LogP contribution in [0.25, 0.3) is 0 Å². The van der Waals surface area contributed by atoms with E-state index in [0.29, 0.717) is 0 Å². The van der Waals surface area contributed by atoms with E-state index in [1.54, 1.807) is 11.0 Å². The minimum absolute atomic E-state index is 0.0428. The zero-order valence-corrected chi connectivity index (χ0v) is 13.6. The predicted molar refractivity (Wildman–Crippen MR) is 85.0 cm³/mol. The van der Waals surface area contributed by atoms with Gasteiger partial charge >= 0.3 is 0 Å². The smallest absolute Gasteiger partial charge is 0.230 e. The zero-order chi connectivity index (χ0) is 15.8. The molecule has 1 aromatic rings. The highest BCUT2D eigenvalue weighted by molar-refractivity contribution is 7.94. The van der Waals surface area contributed by atoms with Crippen LogP contribution in [-0.4, -0.2) is 26.1 Å². The van der Waals surface area contributed by atoms with Gasteiger partial charge in [-0.1, -0.05) is 26.0 Å². The molecule has 21 heavy (non-hydrogen) atoms. The number of nitrogens with zero attached hydrogens (tertiary/aromatic N) is 1.